The van der Waals surface area contributed by atoms with Crippen LogP contribution < -0.4 is 10.6 Å². The first-order valence-corrected chi connectivity index (χ1v) is 6.96. The second kappa shape index (κ2) is 8.67. The molecular formula is C14H16Cl2N2O3. The number of hydrogen-bond acceptors (Lipinski definition) is 3. The molecular weight excluding hydrogens is 315 g/mol. The number of carbonyl (C=O) groups excluding carboxylic acids is 2. The Morgan fingerprint density at radius 1 is 1.19 bits per heavy atom. The fraction of sp³-hybridized carbons (Fsp3) is 0.286. The van der Waals surface area contributed by atoms with Crippen molar-refractivity contribution < 1.29 is 14.7 Å². The third kappa shape index (κ3) is 6.62. The van der Waals surface area contributed by atoms with Crippen LogP contribution in [0.2, 0.25) is 10.0 Å². The van der Waals surface area contributed by atoms with Gasteiger partial charge in [-0.25, -0.2) is 0 Å². The molecule has 2 amide bonds. The Morgan fingerprint density at radius 2 is 1.81 bits per heavy atom. The molecule has 1 atom stereocenters. The number of nitrogens with one attached hydrogen (secondary N) is 2. The van der Waals surface area contributed by atoms with E-state index in [-0.39, 0.29) is 18.9 Å². The molecule has 0 aromatic heterocycles. The van der Waals surface area contributed by atoms with Crippen molar-refractivity contribution >= 4 is 35.0 Å². The van der Waals surface area contributed by atoms with Crippen molar-refractivity contribution in [3.05, 3.63) is 46.5 Å². The second-order valence-electron chi connectivity index (χ2n) is 4.29. The zero-order valence-electron chi connectivity index (χ0n) is 11.2. The Balaban J connectivity index is 2.46. The van der Waals surface area contributed by atoms with Crippen LogP contribution in [0.15, 0.2) is 30.9 Å². The number of hydrogen-bond donors (Lipinski definition) is 3. The average molecular weight is 331 g/mol. The molecule has 0 saturated heterocycles. The van der Waals surface area contributed by atoms with Crippen molar-refractivity contribution in [2.45, 2.75) is 12.5 Å². The van der Waals surface area contributed by atoms with Gasteiger partial charge in [-0.2, -0.15) is 0 Å². The molecule has 0 bridgehead atoms. The highest BCUT2D eigenvalue weighted by Gasteiger charge is 2.14. The normalized spacial score (nSPS) is 11.6. The quantitative estimate of drug-likeness (QED) is 0.667. The zero-order valence-corrected chi connectivity index (χ0v) is 12.7. The molecule has 0 radical (unpaired) electrons. The van der Waals surface area contributed by atoms with E-state index in [1.54, 1.807) is 0 Å². The third-order valence-electron chi connectivity index (χ3n) is 2.54. The van der Waals surface area contributed by atoms with Crippen molar-refractivity contribution in [2.75, 3.05) is 13.1 Å². The monoisotopic (exact) mass is 330 g/mol. The first kappa shape index (κ1) is 17.5. The van der Waals surface area contributed by atoms with Gasteiger partial charge in [-0.1, -0.05) is 29.3 Å². The number of aliphatic hydroxyl groups excluding tert-OH is 1. The summed E-state index contributed by atoms with van der Waals surface area (Å²) in [4.78, 5) is 22.9. The third-order valence-corrected chi connectivity index (χ3v) is 2.97. The standard InChI is InChI=1S/C14H16Cl2N2O3/c1-2-3-17-14(21)8-18-13(20)7-12(19)9-4-10(15)6-11(16)5-9/h2,4-6,12,19H,1,3,7-8H2,(H,17,21)(H,18,20). The van der Waals surface area contributed by atoms with Gasteiger partial charge in [0.2, 0.25) is 11.8 Å². The Bertz CT molecular complexity index is 515. The van der Waals surface area contributed by atoms with Crippen molar-refractivity contribution in [1.29, 1.82) is 0 Å². The molecule has 1 unspecified atom stereocenters. The number of carbonyl (C=O) groups is 2. The minimum absolute atomic E-state index is 0.157. The number of rotatable bonds is 7. The van der Waals surface area contributed by atoms with Crippen LogP contribution in [0.25, 0.3) is 0 Å². The van der Waals surface area contributed by atoms with E-state index >= 15 is 0 Å². The van der Waals surface area contributed by atoms with Gasteiger partial charge >= 0.3 is 0 Å². The molecule has 0 aliphatic heterocycles. The van der Waals surface area contributed by atoms with Gasteiger partial charge in [0.15, 0.2) is 0 Å². The Morgan fingerprint density at radius 3 is 2.38 bits per heavy atom. The number of amides is 2. The van der Waals surface area contributed by atoms with Crippen LogP contribution in [0.1, 0.15) is 18.1 Å². The van der Waals surface area contributed by atoms with Crippen LogP contribution in [0.4, 0.5) is 0 Å². The van der Waals surface area contributed by atoms with E-state index in [2.05, 4.69) is 17.2 Å². The Kier molecular flexibility index (Phi) is 7.22. The highest BCUT2D eigenvalue weighted by atomic mass is 35.5. The van der Waals surface area contributed by atoms with Gasteiger partial charge < -0.3 is 15.7 Å². The van der Waals surface area contributed by atoms with Gasteiger partial charge in [0, 0.05) is 16.6 Å². The van der Waals surface area contributed by atoms with Crippen LogP contribution in [0, 0.1) is 0 Å². The molecule has 21 heavy (non-hydrogen) atoms. The second-order valence-corrected chi connectivity index (χ2v) is 5.17. The maximum Gasteiger partial charge on any atom is 0.239 e. The van der Waals surface area contributed by atoms with Crippen LogP contribution in [-0.2, 0) is 9.59 Å². The van der Waals surface area contributed by atoms with E-state index in [4.69, 9.17) is 23.2 Å². The molecule has 0 saturated carbocycles. The topological polar surface area (TPSA) is 78.4 Å². The lowest BCUT2D eigenvalue weighted by molar-refractivity contribution is -0.127. The summed E-state index contributed by atoms with van der Waals surface area (Å²) < 4.78 is 0. The van der Waals surface area contributed by atoms with E-state index in [1.165, 1.54) is 24.3 Å². The van der Waals surface area contributed by atoms with Gasteiger partial charge in [0.25, 0.3) is 0 Å². The van der Waals surface area contributed by atoms with E-state index in [0.717, 1.165) is 0 Å². The largest absolute Gasteiger partial charge is 0.388 e. The molecule has 0 fully saturated rings. The lowest BCUT2D eigenvalue weighted by Crippen LogP contribution is -2.37. The molecule has 0 aliphatic rings. The summed E-state index contributed by atoms with van der Waals surface area (Å²) in [7, 11) is 0. The lowest BCUT2D eigenvalue weighted by atomic mass is 10.1. The summed E-state index contributed by atoms with van der Waals surface area (Å²) in [5.74, 6) is -0.782. The van der Waals surface area contributed by atoms with E-state index < -0.39 is 12.0 Å². The zero-order chi connectivity index (χ0) is 15.8. The van der Waals surface area contributed by atoms with Crippen molar-refractivity contribution in [3.8, 4) is 0 Å². The molecule has 1 rings (SSSR count). The Labute approximate surface area is 132 Å². The van der Waals surface area contributed by atoms with Crippen LogP contribution in [0.5, 0.6) is 0 Å². The molecule has 1 aromatic rings. The fourth-order valence-electron chi connectivity index (χ4n) is 1.56. The van der Waals surface area contributed by atoms with Gasteiger partial charge in [0.1, 0.15) is 0 Å². The molecule has 3 N–H and O–H groups in total. The number of benzene rings is 1. The highest BCUT2D eigenvalue weighted by Crippen LogP contribution is 2.25. The minimum Gasteiger partial charge on any atom is -0.388 e. The van der Waals surface area contributed by atoms with E-state index in [0.29, 0.717) is 22.2 Å². The molecule has 114 valence electrons. The average Bonchev–Trinajstić information content (AvgIpc) is 2.41. The van der Waals surface area contributed by atoms with Crippen molar-refractivity contribution in [2.24, 2.45) is 0 Å². The summed E-state index contributed by atoms with van der Waals surface area (Å²) in [6.07, 6.45) is 0.301. The fourth-order valence-corrected chi connectivity index (χ4v) is 2.10. The molecule has 7 heteroatoms. The maximum atomic E-state index is 11.6. The first-order chi connectivity index (χ1) is 9.92. The van der Waals surface area contributed by atoms with Crippen molar-refractivity contribution in [1.82, 2.24) is 10.6 Å². The lowest BCUT2D eigenvalue weighted by Gasteiger charge is -2.12. The van der Waals surface area contributed by atoms with E-state index in [1.807, 2.05) is 0 Å². The molecule has 0 spiro atoms. The smallest absolute Gasteiger partial charge is 0.239 e. The molecule has 0 heterocycles. The Hall–Kier alpha value is -1.56. The number of aliphatic hydroxyl groups is 1. The predicted octanol–water partition coefficient (Wildman–Crippen LogP) is 1.84. The SMILES string of the molecule is C=CCNC(=O)CNC(=O)CC(O)c1cc(Cl)cc(Cl)c1. The highest BCUT2D eigenvalue weighted by molar-refractivity contribution is 6.34. The van der Waals surface area contributed by atoms with Crippen molar-refractivity contribution in [3.63, 3.8) is 0 Å². The summed E-state index contributed by atoms with van der Waals surface area (Å²) in [6, 6.07) is 4.59. The first-order valence-electron chi connectivity index (χ1n) is 6.20. The van der Waals surface area contributed by atoms with Gasteiger partial charge in [-0.05, 0) is 23.8 Å². The molecule has 5 nitrogen and oxygen atoms in total. The van der Waals surface area contributed by atoms with Crippen LogP contribution in [0.3, 0.4) is 0 Å². The summed E-state index contributed by atoms with van der Waals surface area (Å²) >= 11 is 11.6. The molecule has 1 aromatic carbocycles. The van der Waals surface area contributed by atoms with Crippen LogP contribution >= 0.6 is 23.2 Å². The van der Waals surface area contributed by atoms with Gasteiger partial charge in [-0.3, -0.25) is 9.59 Å². The summed E-state index contributed by atoms with van der Waals surface area (Å²) in [6.45, 7) is 3.63. The van der Waals surface area contributed by atoms with Gasteiger partial charge in [-0.15, -0.1) is 6.58 Å². The summed E-state index contributed by atoms with van der Waals surface area (Å²) in [5, 5.41) is 15.6. The predicted molar refractivity (Wildman–Crippen MR) is 82.3 cm³/mol. The summed E-state index contributed by atoms with van der Waals surface area (Å²) in [5.41, 5.74) is 0.443. The van der Waals surface area contributed by atoms with E-state index in [9.17, 15) is 14.7 Å². The molecule has 0 aliphatic carbocycles. The van der Waals surface area contributed by atoms with Crippen LogP contribution in [-0.4, -0.2) is 30.0 Å². The van der Waals surface area contributed by atoms with Gasteiger partial charge in [0.05, 0.1) is 19.1 Å². The minimum atomic E-state index is -1.04. The maximum absolute atomic E-state index is 11.6. The number of halogens is 2.